The van der Waals surface area contributed by atoms with Crippen molar-refractivity contribution in [1.29, 1.82) is 0 Å². The molecule has 1 heteroatoms. The Morgan fingerprint density at radius 3 is 2.17 bits per heavy atom. The molecule has 1 rings (SSSR count). The first-order valence-corrected chi connectivity index (χ1v) is 6.98. The quantitative estimate of drug-likeness (QED) is 0.802. The summed E-state index contributed by atoms with van der Waals surface area (Å²) in [5, 5.41) is 0. The van der Waals surface area contributed by atoms with Crippen LogP contribution in [0.1, 0.15) is 56.7 Å². The maximum absolute atomic E-state index is 5.82. The predicted molar refractivity (Wildman–Crippen MR) is 82.8 cm³/mol. The van der Waals surface area contributed by atoms with Gasteiger partial charge < -0.3 is 5.73 Å². The molecule has 0 amide bonds. The Balaban J connectivity index is 0.00000137. The highest BCUT2D eigenvalue weighted by Gasteiger charge is 2.18. The molecule has 0 aliphatic heterocycles. The van der Waals surface area contributed by atoms with Crippen molar-refractivity contribution < 1.29 is 0 Å². The molecule has 102 valence electrons. The van der Waals surface area contributed by atoms with Crippen LogP contribution >= 0.6 is 0 Å². The Labute approximate surface area is 113 Å². The van der Waals surface area contributed by atoms with Crippen LogP contribution in [-0.2, 0) is 0 Å². The summed E-state index contributed by atoms with van der Waals surface area (Å²) in [5.74, 6) is 0.823. The van der Waals surface area contributed by atoms with Gasteiger partial charge in [0.15, 0.2) is 0 Å². The van der Waals surface area contributed by atoms with Crippen molar-refractivity contribution in [3.63, 3.8) is 0 Å². The summed E-state index contributed by atoms with van der Waals surface area (Å²) in [6, 6.07) is 6.69. The van der Waals surface area contributed by atoms with Gasteiger partial charge in [0.1, 0.15) is 0 Å². The monoisotopic (exact) mass is 247 g/mol. The first kappa shape index (κ1) is 16.8. The van der Waals surface area contributed by atoms with Gasteiger partial charge in [-0.3, -0.25) is 0 Å². The third-order valence-electron chi connectivity index (χ3n) is 3.59. The van der Waals surface area contributed by atoms with Crippen molar-refractivity contribution in [3.8, 4) is 0 Å². The number of nitrogens with two attached hydrogens (primary N) is 1. The Morgan fingerprint density at radius 1 is 1.22 bits per heavy atom. The molecule has 0 fully saturated rings. The molecule has 1 aromatic rings. The van der Waals surface area contributed by atoms with E-state index in [2.05, 4.69) is 52.5 Å². The fraction of sp³-hybridized carbons (Fsp3) is 0.529. The lowest BCUT2D eigenvalue weighted by molar-refractivity contribution is 0.504. The van der Waals surface area contributed by atoms with Crippen molar-refractivity contribution in [2.24, 2.45) is 11.7 Å². The molecule has 0 spiro atoms. The summed E-state index contributed by atoms with van der Waals surface area (Å²) >= 11 is 0. The molecule has 0 saturated heterocycles. The van der Waals surface area contributed by atoms with Crippen LogP contribution in [-0.4, -0.2) is 0 Å². The number of hydrogen-bond acceptors (Lipinski definition) is 1. The molecule has 2 N–H and O–H groups in total. The Kier molecular flexibility index (Phi) is 7.42. The molecule has 2 atom stereocenters. The van der Waals surface area contributed by atoms with Gasteiger partial charge in [0.05, 0.1) is 0 Å². The van der Waals surface area contributed by atoms with Gasteiger partial charge in [-0.05, 0) is 42.9 Å². The number of benzene rings is 1. The molecule has 0 radical (unpaired) electrons. The highest BCUT2D eigenvalue weighted by atomic mass is 14.6. The lowest BCUT2D eigenvalue weighted by Gasteiger charge is -2.23. The van der Waals surface area contributed by atoms with Crippen LogP contribution in [0.15, 0.2) is 30.5 Å². The highest BCUT2D eigenvalue weighted by molar-refractivity contribution is 5.33. The van der Waals surface area contributed by atoms with E-state index in [9.17, 15) is 0 Å². The topological polar surface area (TPSA) is 26.0 Å². The van der Waals surface area contributed by atoms with E-state index in [1.165, 1.54) is 16.7 Å². The SMILES string of the molecule is C=C(N)C(C)C(CC)c1ccc(C)c(C)c1.CC. The average molecular weight is 247 g/mol. The Hall–Kier alpha value is -1.24. The second kappa shape index (κ2) is 7.97. The zero-order valence-corrected chi connectivity index (χ0v) is 12.9. The summed E-state index contributed by atoms with van der Waals surface area (Å²) < 4.78 is 0. The van der Waals surface area contributed by atoms with E-state index in [-0.39, 0.29) is 0 Å². The van der Waals surface area contributed by atoms with Gasteiger partial charge in [0.25, 0.3) is 0 Å². The first-order chi connectivity index (χ1) is 8.47. The van der Waals surface area contributed by atoms with Crippen molar-refractivity contribution in [1.82, 2.24) is 0 Å². The van der Waals surface area contributed by atoms with E-state index < -0.39 is 0 Å². The highest BCUT2D eigenvalue weighted by Crippen LogP contribution is 2.31. The number of allylic oxidation sites excluding steroid dienone is 1. The summed E-state index contributed by atoms with van der Waals surface area (Å²) in [6.45, 7) is 16.5. The molecular weight excluding hydrogens is 218 g/mol. The molecule has 0 bridgehead atoms. The maximum atomic E-state index is 5.82. The normalized spacial score (nSPS) is 13.2. The maximum Gasteiger partial charge on any atom is 0.00423 e. The smallest absolute Gasteiger partial charge is 0.00423 e. The van der Waals surface area contributed by atoms with E-state index in [1.54, 1.807) is 0 Å². The van der Waals surface area contributed by atoms with Gasteiger partial charge in [0, 0.05) is 11.6 Å². The molecule has 1 nitrogen and oxygen atoms in total. The standard InChI is InChI=1S/C15H23N.C2H6/c1-6-15(12(4)13(5)16)14-8-7-10(2)11(3)9-14;1-2/h7-9,12,15H,5-6,16H2,1-4H3;1-2H3. The van der Waals surface area contributed by atoms with E-state index in [0.29, 0.717) is 11.8 Å². The van der Waals surface area contributed by atoms with Crippen molar-refractivity contribution in [2.75, 3.05) is 0 Å². The van der Waals surface area contributed by atoms with Crippen LogP contribution in [0.2, 0.25) is 0 Å². The molecule has 0 saturated carbocycles. The molecule has 0 aliphatic rings. The van der Waals surface area contributed by atoms with E-state index >= 15 is 0 Å². The summed E-state index contributed by atoms with van der Waals surface area (Å²) in [6.07, 6.45) is 1.10. The van der Waals surface area contributed by atoms with E-state index in [4.69, 9.17) is 5.73 Å². The van der Waals surface area contributed by atoms with Crippen LogP contribution in [0.4, 0.5) is 0 Å². The van der Waals surface area contributed by atoms with Crippen LogP contribution in [0.5, 0.6) is 0 Å². The van der Waals surface area contributed by atoms with Crippen LogP contribution in [0.25, 0.3) is 0 Å². The second-order valence-corrected chi connectivity index (χ2v) is 4.72. The first-order valence-electron chi connectivity index (χ1n) is 6.98. The second-order valence-electron chi connectivity index (χ2n) is 4.72. The minimum absolute atomic E-state index is 0.340. The molecular formula is C17H29N. The van der Waals surface area contributed by atoms with Crippen molar-refractivity contribution in [2.45, 2.75) is 53.9 Å². The van der Waals surface area contributed by atoms with Gasteiger partial charge in [-0.25, -0.2) is 0 Å². The van der Waals surface area contributed by atoms with Gasteiger partial charge in [-0.1, -0.05) is 52.5 Å². The molecule has 1 aromatic carbocycles. The minimum Gasteiger partial charge on any atom is -0.402 e. The third kappa shape index (κ3) is 4.21. The number of hydrogen-bond donors (Lipinski definition) is 1. The fourth-order valence-corrected chi connectivity index (χ4v) is 2.13. The molecule has 0 aromatic heterocycles. The van der Waals surface area contributed by atoms with Crippen LogP contribution in [0.3, 0.4) is 0 Å². The van der Waals surface area contributed by atoms with Gasteiger partial charge in [-0.2, -0.15) is 0 Å². The van der Waals surface area contributed by atoms with Crippen molar-refractivity contribution >= 4 is 0 Å². The van der Waals surface area contributed by atoms with E-state index in [1.807, 2.05) is 13.8 Å². The molecule has 0 aliphatic carbocycles. The molecule has 2 unspecified atom stereocenters. The van der Waals surface area contributed by atoms with E-state index in [0.717, 1.165) is 12.1 Å². The Bertz CT molecular complexity index is 379. The summed E-state index contributed by atoms with van der Waals surface area (Å²) in [4.78, 5) is 0. The van der Waals surface area contributed by atoms with Gasteiger partial charge >= 0.3 is 0 Å². The van der Waals surface area contributed by atoms with Crippen LogP contribution in [0, 0.1) is 19.8 Å². The lowest BCUT2D eigenvalue weighted by atomic mass is 9.83. The Morgan fingerprint density at radius 2 is 1.78 bits per heavy atom. The van der Waals surface area contributed by atoms with Crippen LogP contribution < -0.4 is 5.73 Å². The summed E-state index contributed by atoms with van der Waals surface area (Å²) in [5.41, 5.74) is 10.7. The zero-order valence-electron chi connectivity index (χ0n) is 12.9. The van der Waals surface area contributed by atoms with Gasteiger partial charge in [0.2, 0.25) is 0 Å². The minimum atomic E-state index is 0.340. The fourth-order valence-electron chi connectivity index (χ4n) is 2.13. The molecule has 0 heterocycles. The zero-order chi connectivity index (χ0) is 14.3. The lowest BCUT2D eigenvalue weighted by Crippen LogP contribution is -2.16. The number of rotatable bonds is 4. The summed E-state index contributed by atoms with van der Waals surface area (Å²) in [7, 11) is 0. The number of aryl methyl sites for hydroxylation is 2. The third-order valence-corrected chi connectivity index (χ3v) is 3.59. The largest absolute Gasteiger partial charge is 0.402 e. The van der Waals surface area contributed by atoms with Crippen molar-refractivity contribution in [3.05, 3.63) is 47.2 Å². The average Bonchev–Trinajstić information content (AvgIpc) is 2.36. The molecule has 18 heavy (non-hydrogen) atoms. The van der Waals surface area contributed by atoms with Gasteiger partial charge in [-0.15, -0.1) is 0 Å². The predicted octanol–water partition coefficient (Wildman–Crippen LogP) is 4.93.